The summed E-state index contributed by atoms with van der Waals surface area (Å²) in [6.45, 7) is 0.0849. The Hall–Kier alpha value is -3.67. The van der Waals surface area contributed by atoms with Crippen molar-refractivity contribution in [1.29, 1.82) is 0 Å². The van der Waals surface area contributed by atoms with Crippen LogP contribution in [0.1, 0.15) is 27.2 Å². The van der Waals surface area contributed by atoms with E-state index in [0.717, 1.165) is 4.68 Å². The van der Waals surface area contributed by atoms with Crippen molar-refractivity contribution < 1.29 is 9.53 Å². The Kier molecular flexibility index (Phi) is 5.71. The van der Waals surface area contributed by atoms with Gasteiger partial charge >= 0.3 is 5.97 Å². The summed E-state index contributed by atoms with van der Waals surface area (Å²) in [4.78, 5) is 24.7. The van der Waals surface area contributed by atoms with Gasteiger partial charge < -0.3 is 4.74 Å². The molecule has 10 heteroatoms. The summed E-state index contributed by atoms with van der Waals surface area (Å²) in [5.41, 5.74) is 1.56. The van der Waals surface area contributed by atoms with Crippen LogP contribution in [-0.2, 0) is 11.3 Å². The topological polar surface area (TPSA) is 103 Å². The molecule has 2 aromatic heterocycles. The van der Waals surface area contributed by atoms with Crippen molar-refractivity contribution in [1.82, 2.24) is 25.2 Å². The predicted molar refractivity (Wildman–Crippen MR) is 115 cm³/mol. The zero-order chi connectivity index (χ0) is 22.0. The zero-order valence-electron chi connectivity index (χ0n) is 16.0. The van der Waals surface area contributed by atoms with Gasteiger partial charge in [-0.05, 0) is 29.7 Å². The number of nitrogens with zero attached hydrogens (tertiary/aromatic N) is 4. The fourth-order valence-corrected chi connectivity index (χ4v) is 3.26. The summed E-state index contributed by atoms with van der Waals surface area (Å²) < 4.78 is 5.91. The van der Waals surface area contributed by atoms with E-state index >= 15 is 0 Å². The molecule has 0 unspecified atom stereocenters. The molecule has 8 nitrogen and oxygen atoms in total. The number of ether oxygens (including phenoxy) is 1. The highest BCUT2D eigenvalue weighted by Gasteiger charge is 2.15. The van der Waals surface area contributed by atoms with E-state index in [2.05, 4.69) is 32.4 Å². The number of carbonyl (C=O) groups is 1. The van der Waals surface area contributed by atoms with Crippen LogP contribution in [0.4, 0.5) is 0 Å². The van der Waals surface area contributed by atoms with Gasteiger partial charge in [0.05, 0.1) is 29.3 Å². The fourth-order valence-electron chi connectivity index (χ4n) is 2.88. The SMILES string of the molecule is COC(=O)c1ccccc1C#Cc1[nH]nc2c(=O)n(Cc3cccc(Cl)c3Cl)nnc12. The molecule has 0 fully saturated rings. The number of fused-ring (bicyclic) bond motifs is 1. The lowest BCUT2D eigenvalue weighted by Crippen LogP contribution is -2.25. The van der Waals surface area contributed by atoms with Crippen LogP contribution in [0, 0.1) is 11.8 Å². The molecule has 154 valence electrons. The highest BCUT2D eigenvalue weighted by molar-refractivity contribution is 6.42. The van der Waals surface area contributed by atoms with Gasteiger partial charge in [0.25, 0.3) is 5.56 Å². The third-order valence-corrected chi connectivity index (χ3v) is 5.29. The van der Waals surface area contributed by atoms with Crippen LogP contribution in [0.2, 0.25) is 10.0 Å². The number of hydrogen-bond acceptors (Lipinski definition) is 6. The van der Waals surface area contributed by atoms with Crippen molar-refractivity contribution >= 4 is 40.2 Å². The lowest BCUT2D eigenvalue weighted by atomic mass is 10.1. The maximum absolute atomic E-state index is 12.8. The van der Waals surface area contributed by atoms with Crippen LogP contribution in [0.3, 0.4) is 0 Å². The summed E-state index contributed by atoms with van der Waals surface area (Å²) in [5.74, 6) is 5.23. The van der Waals surface area contributed by atoms with E-state index in [1.165, 1.54) is 7.11 Å². The van der Waals surface area contributed by atoms with Crippen molar-refractivity contribution in [2.24, 2.45) is 0 Å². The molecule has 0 aliphatic rings. The molecule has 0 saturated heterocycles. The number of aromatic amines is 1. The summed E-state index contributed by atoms with van der Waals surface area (Å²) in [5, 5.41) is 15.5. The van der Waals surface area contributed by atoms with Crippen molar-refractivity contribution in [2.75, 3.05) is 7.11 Å². The molecular formula is C21H13Cl2N5O3. The first-order chi connectivity index (χ1) is 15.0. The van der Waals surface area contributed by atoms with Crippen LogP contribution < -0.4 is 5.56 Å². The third kappa shape index (κ3) is 4.01. The fraction of sp³-hybridized carbons (Fsp3) is 0.0952. The first kappa shape index (κ1) is 20.6. The Labute approximate surface area is 185 Å². The summed E-state index contributed by atoms with van der Waals surface area (Å²) in [6, 6.07) is 11.9. The van der Waals surface area contributed by atoms with Crippen molar-refractivity contribution in [3.8, 4) is 11.8 Å². The minimum absolute atomic E-state index is 0.0821. The maximum atomic E-state index is 12.8. The number of nitrogens with one attached hydrogen (secondary N) is 1. The third-order valence-electron chi connectivity index (χ3n) is 4.44. The average molecular weight is 454 g/mol. The molecule has 1 N–H and O–H groups in total. The summed E-state index contributed by atoms with van der Waals surface area (Å²) in [7, 11) is 1.30. The molecule has 0 amide bonds. The van der Waals surface area contributed by atoms with Gasteiger partial charge in [0.15, 0.2) is 11.0 Å². The highest BCUT2D eigenvalue weighted by atomic mass is 35.5. The molecular weight excluding hydrogens is 441 g/mol. The van der Waals surface area contributed by atoms with Crippen LogP contribution in [0.5, 0.6) is 0 Å². The largest absolute Gasteiger partial charge is 0.465 e. The minimum atomic E-state index is -0.498. The first-order valence-corrected chi connectivity index (χ1v) is 9.69. The van der Waals surface area contributed by atoms with E-state index in [9.17, 15) is 9.59 Å². The standard InChI is InChI=1S/C21H13Cl2N5O3/c1-31-21(30)14-7-3-2-5-12(14)9-10-16-18-19(25-24-16)20(29)28(27-26-18)11-13-6-4-8-15(22)17(13)23/h2-8H,11H2,1H3,(H,24,25). The van der Waals surface area contributed by atoms with Gasteiger partial charge in [-0.25, -0.2) is 9.48 Å². The molecule has 0 aliphatic carbocycles. The van der Waals surface area contributed by atoms with Gasteiger partial charge in [0, 0.05) is 5.56 Å². The second-order valence-corrected chi connectivity index (χ2v) is 7.13. The molecule has 0 saturated carbocycles. The van der Waals surface area contributed by atoms with Gasteiger partial charge in [-0.1, -0.05) is 58.6 Å². The number of hydrogen-bond donors (Lipinski definition) is 1. The van der Waals surface area contributed by atoms with Gasteiger partial charge in [-0.2, -0.15) is 5.10 Å². The molecule has 0 atom stereocenters. The average Bonchev–Trinajstić information content (AvgIpc) is 3.20. The number of aromatic nitrogens is 5. The molecule has 0 bridgehead atoms. The second-order valence-electron chi connectivity index (χ2n) is 6.35. The van der Waals surface area contributed by atoms with Gasteiger partial charge in [-0.15, -0.1) is 5.10 Å². The summed E-state index contributed by atoms with van der Waals surface area (Å²) in [6.07, 6.45) is 0. The molecule has 31 heavy (non-hydrogen) atoms. The smallest absolute Gasteiger partial charge is 0.339 e. The number of esters is 1. The van der Waals surface area contributed by atoms with Gasteiger partial charge in [0.1, 0.15) is 5.69 Å². The van der Waals surface area contributed by atoms with E-state index in [0.29, 0.717) is 32.4 Å². The van der Waals surface area contributed by atoms with E-state index in [-0.39, 0.29) is 17.6 Å². The van der Waals surface area contributed by atoms with Crippen molar-refractivity contribution in [3.63, 3.8) is 0 Å². The van der Waals surface area contributed by atoms with Crippen LogP contribution in [-0.4, -0.2) is 38.3 Å². The lowest BCUT2D eigenvalue weighted by Gasteiger charge is -2.06. The quantitative estimate of drug-likeness (QED) is 0.377. The molecule has 0 radical (unpaired) electrons. The highest BCUT2D eigenvalue weighted by Crippen LogP contribution is 2.25. The Morgan fingerprint density at radius 1 is 1.13 bits per heavy atom. The van der Waals surface area contributed by atoms with E-state index < -0.39 is 11.5 Å². The summed E-state index contributed by atoms with van der Waals surface area (Å²) >= 11 is 12.2. The molecule has 4 rings (SSSR count). The number of rotatable bonds is 3. The molecule has 2 aromatic carbocycles. The Morgan fingerprint density at radius 3 is 2.74 bits per heavy atom. The van der Waals surface area contributed by atoms with Gasteiger partial charge in [0.2, 0.25) is 0 Å². The zero-order valence-corrected chi connectivity index (χ0v) is 17.5. The molecule has 0 spiro atoms. The number of halogens is 2. The van der Waals surface area contributed by atoms with Crippen LogP contribution in [0.15, 0.2) is 47.3 Å². The van der Waals surface area contributed by atoms with Crippen LogP contribution in [0.25, 0.3) is 11.0 Å². The second kappa shape index (κ2) is 8.60. The van der Waals surface area contributed by atoms with E-state index in [1.807, 2.05) is 0 Å². The monoisotopic (exact) mass is 453 g/mol. The molecule has 0 aliphatic heterocycles. The Bertz CT molecular complexity index is 1430. The maximum Gasteiger partial charge on any atom is 0.339 e. The van der Waals surface area contributed by atoms with E-state index in [4.69, 9.17) is 27.9 Å². The van der Waals surface area contributed by atoms with Crippen molar-refractivity contribution in [2.45, 2.75) is 6.54 Å². The van der Waals surface area contributed by atoms with E-state index in [1.54, 1.807) is 42.5 Å². The predicted octanol–water partition coefficient (Wildman–Crippen LogP) is 3.06. The van der Waals surface area contributed by atoms with Crippen LogP contribution >= 0.6 is 23.2 Å². The number of carbonyl (C=O) groups excluding carboxylic acids is 1. The number of methoxy groups -OCH3 is 1. The first-order valence-electron chi connectivity index (χ1n) is 8.93. The normalized spacial score (nSPS) is 10.5. The molecule has 2 heterocycles. The minimum Gasteiger partial charge on any atom is -0.465 e. The Morgan fingerprint density at radius 2 is 1.94 bits per heavy atom. The lowest BCUT2D eigenvalue weighted by molar-refractivity contribution is 0.0600. The van der Waals surface area contributed by atoms with Gasteiger partial charge in [-0.3, -0.25) is 9.89 Å². The van der Waals surface area contributed by atoms with Crippen molar-refractivity contribution in [3.05, 3.63) is 85.2 Å². The molecule has 4 aromatic rings. The number of benzene rings is 2. The number of H-pyrrole nitrogens is 1. The Balaban J connectivity index is 1.71.